The highest BCUT2D eigenvalue weighted by Gasteiger charge is 2.67. The van der Waals surface area contributed by atoms with Crippen LogP contribution in [-0.2, 0) is 63.6 Å². The molecule has 6 saturated heterocycles. The Labute approximate surface area is 301 Å². The highest BCUT2D eigenvalue weighted by atomic mass is 16.8. The number of hydrogen-bond acceptors (Lipinski definition) is 12. The van der Waals surface area contributed by atoms with Crippen molar-refractivity contribution < 1.29 is 57.0 Å². The summed E-state index contributed by atoms with van der Waals surface area (Å²) >= 11 is 0. The topological polar surface area (TPSA) is 153 Å². The molecule has 6 heterocycles. The molecule has 2 aromatic carbocycles. The van der Waals surface area contributed by atoms with Crippen LogP contribution in [0, 0.1) is 0 Å². The maximum atomic E-state index is 14.1. The van der Waals surface area contributed by atoms with Crippen LogP contribution in [0.1, 0.15) is 45.1 Å². The van der Waals surface area contributed by atoms with E-state index < -0.39 is 103 Å². The van der Waals surface area contributed by atoms with Crippen molar-refractivity contribution in [2.45, 2.75) is 113 Å². The Bertz CT molecular complexity index is 1640. The maximum Gasteiger partial charge on any atom is 0.314 e. The third kappa shape index (κ3) is 6.52. The van der Waals surface area contributed by atoms with Crippen molar-refractivity contribution in [1.29, 1.82) is 0 Å². The van der Waals surface area contributed by atoms with E-state index in [1.54, 1.807) is 27.7 Å². The average Bonchev–Trinajstić information content (AvgIpc) is 3.59. The van der Waals surface area contributed by atoms with E-state index >= 15 is 0 Å². The number of piperidine rings is 1. The molecule has 15 heteroatoms. The molecule has 280 valence electrons. The van der Waals surface area contributed by atoms with Crippen LogP contribution in [0.5, 0.6) is 0 Å². The van der Waals surface area contributed by atoms with Gasteiger partial charge >= 0.3 is 11.8 Å². The van der Waals surface area contributed by atoms with E-state index in [4.69, 9.17) is 42.6 Å². The molecular formula is C37H45N3O12. The van der Waals surface area contributed by atoms with Crippen LogP contribution in [-0.4, -0.2) is 127 Å². The van der Waals surface area contributed by atoms with Crippen LogP contribution in [0.3, 0.4) is 0 Å². The van der Waals surface area contributed by atoms with E-state index in [0.29, 0.717) is 0 Å². The van der Waals surface area contributed by atoms with E-state index in [2.05, 4.69) is 5.32 Å². The fraction of sp³-hybridized carbons (Fsp3) is 0.595. The van der Waals surface area contributed by atoms with Crippen LogP contribution in [0.2, 0.25) is 0 Å². The summed E-state index contributed by atoms with van der Waals surface area (Å²) in [6.45, 7) is 7.17. The van der Waals surface area contributed by atoms with Gasteiger partial charge in [0.15, 0.2) is 24.2 Å². The molecule has 0 aromatic heterocycles. The normalized spacial score (nSPS) is 37.5. The lowest BCUT2D eigenvalue weighted by molar-refractivity contribution is -0.346. The second-order valence-corrected chi connectivity index (χ2v) is 14.8. The summed E-state index contributed by atoms with van der Waals surface area (Å²) in [5.41, 5.74) is 1.74. The summed E-state index contributed by atoms with van der Waals surface area (Å²) in [6.07, 6.45) is -6.61. The minimum atomic E-state index is -1.03. The van der Waals surface area contributed by atoms with Crippen molar-refractivity contribution in [1.82, 2.24) is 15.1 Å². The third-order valence-electron chi connectivity index (χ3n) is 10.4. The first-order chi connectivity index (χ1) is 24.9. The predicted octanol–water partition coefficient (Wildman–Crippen LogP) is 1.59. The molecule has 0 spiro atoms. The number of hydrogen-bond donors (Lipinski definition) is 1. The molecule has 0 bridgehead atoms. The van der Waals surface area contributed by atoms with Crippen molar-refractivity contribution in [2.75, 3.05) is 26.9 Å². The van der Waals surface area contributed by atoms with Gasteiger partial charge in [0.05, 0.1) is 25.9 Å². The van der Waals surface area contributed by atoms with Gasteiger partial charge in [-0.2, -0.15) is 0 Å². The van der Waals surface area contributed by atoms with E-state index in [1.807, 2.05) is 60.7 Å². The molecule has 2 aromatic rings. The van der Waals surface area contributed by atoms with Gasteiger partial charge in [-0.05, 0) is 33.3 Å². The number of fused-ring (bicyclic) bond motifs is 7. The molecule has 11 atom stereocenters. The predicted molar refractivity (Wildman–Crippen MR) is 177 cm³/mol. The van der Waals surface area contributed by atoms with E-state index in [0.717, 1.165) is 11.1 Å². The maximum absolute atomic E-state index is 14.1. The minimum Gasteiger partial charge on any atom is -0.368 e. The Hall–Kier alpha value is -3.51. The Morgan fingerprint density at radius 1 is 0.846 bits per heavy atom. The van der Waals surface area contributed by atoms with Gasteiger partial charge in [-0.1, -0.05) is 60.7 Å². The average molecular weight is 724 g/mol. The number of nitrogens with zero attached hydrogens (tertiary/aromatic N) is 2. The monoisotopic (exact) mass is 723 g/mol. The fourth-order valence-corrected chi connectivity index (χ4v) is 8.18. The van der Waals surface area contributed by atoms with Crippen molar-refractivity contribution in [3.63, 3.8) is 0 Å². The number of nitrogens with one attached hydrogen (secondary N) is 1. The molecule has 0 saturated carbocycles. The SMILES string of the molecule is CO[C@H]1O[C@@H]2COC(c3ccccc3)O[C@H]2[C@H](OCc2ccccc2)[C@@H]1NC(=O)CN1C(=O)C(=O)N2[C@@H]3COC(C)(C)O[C@H]3[C@@H]3OC(C)(C)O[C@@H]3[C@@H]12. The van der Waals surface area contributed by atoms with Crippen LogP contribution >= 0.6 is 0 Å². The van der Waals surface area contributed by atoms with Gasteiger partial charge in [0.1, 0.15) is 55.4 Å². The Morgan fingerprint density at radius 2 is 1.54 bits per heavy atom. The molecule has 3 amide bonds. The number of amides is 3. The van der Waals surface area contributed by atoms with Gasteiger partial charge < -0.3 is 57.7 Å². The molecule has 6 fully saturated rings. The van der Waals surface area contributed by atoms with Gasteiger partial charge in [0.25, 0.3) is 0 Å². The summed E-state index contributed by atoms with van der Waals surface area (Å²) < 4.78 is 56.0. The summed E-state index contributed by atoms with van der Waals surface area (Å²) in [5, 5.41) is 3.01. The van der Waals surface area contributed by atoms with Crippen molar-refractivity contribution >= 4 is 17.7 Å². The zero-order chi connectivity index (χ0) is 36.4. The van der Waals surface area contributed by atoms with Gasteiger partial charge in [-0.3, -0.25) is 14.4 Å². The quantitative estimate of drug-likeness (QED) is 0.394. The number of rotatable bonds is 8. The van der Waals surface area contributed by atoms with Crippen molar-refractivity contribution in [3.05, 3.63) is 71.8 Å². The lowest BCUT2D eigenvalue weighted by Gasteiger charge is -2.52. The molecule has 1 unspecified atom stereocenters. The Balaban J connectivity index is 1.05. The molecule has 0 aliphatic carbocycles. The van der Waals surface area contributed by atoms with Crippen LogP contribution in [0.15, 0.2) is 60.7 Å². The van der Waals surface area contributed by atoms with Crippen LogP contribution in [0.4, 0.5) is 0 Å². The highest BCUT2D eigenvalue weighted by Crippen LogP contribution is 2.46. The zero-order valence-electron chi connectivity index (χ0n) is 29.7. The number of ether oxygens (including phenoxy) is 9. The van der Waals surface area contributed by atoms with E-state index in [9.17, 15) is 14.4 Å². The number of benzene rings is 2. The second-order valence-electron chi connectivity index (χ2n) is 14.8. The molecule has 8 rings (SSSR count). The highest BCUT2D eigenvalue weighted by molar-refractivity contribution is 6.37. The Kier molecular flexibility index (Phi) is 9.37. The van der Waals surface area contributed by atoms with E-state index in [-0.39, 0.29) is 19.8 Å². The van der Waals surface area contributed by atoms with Gasteiger partial charge in [0, 0.05) is 12.7 Å². The molecular weight excluding hydrogens is 678 g/mol. The van der Waals surface area contributed by atoms with Gasteiger partial charge in [-0.15, -0.1) is 0 Å². The molecule has 15 nitrogen and oxygen atoms in total. The standard InChI is InChI=1S/C37H45N3O12/c1-36(2)47-18-22-26(50-36)29-30(52-37(3,4)51-29)31-39(32(42)33(43)40(22)31)16-24(41)38-25-28(45-17-20-12-8-6-9-13-20)27-23(48-35(25)44-5)19-46-34(49-27)21-14-10-7-11-15-21/h6-15,22-23,25-31,34-35H,16-19H2,1-5H3,(H,38,41)/t22-,23-,25+,26-,27-,28-,29+,30+,31+,34?,35+/m1/s1. The first-order valence-electron chi connectivity index (χ1n) is 17.7. The molecule has 1 N–H and O–H groups in total. The minimum absolute atomic E-state index is 0.117. The van der Waals surface area contributed by atoms with Crippen LogP contribution < -0.4 is 5.32 Å². The number of carbonyl (C=O) groups is 3. The first-order valence-corrected chi connectivity index (χ1v) is 17.7. The van der Waals surface area contributed by atoms with Crippen LogP contribution in [0.25, 0.3) is 0 Å². The summed E-state index contributed by atoms with van der Waals surface area (Å²) in [4.78, 5) is 44.2. The lowest BCUT2D eigenvalue weighted by Crippen LogP contribution is -2.72. The van der Waals surface area contributed by atoms with Crippen molar-refractivity contribution in [3.8, 4) is 0 Å². The zero-order valence-corrected chi connectivity index (χ0v) is 29.7. The summed E-state index contributed by atoms with van der Waals surface area (Å²) in [7, 11) is 1.48. The molecule has 0 radical (unpaired) electrons. The Morgan fingerprint density at radius 3 is 2.27 bits per heavy atom. The van der Waals surface area contributed by atoms with E-state index in [1.165, 1.54) is 16.9 Å². The number of carbonyl (C=O) groups excluding carboxylic acids is 3. The van der Waals surface area contributed by atoms with Gasteiger partial charge in [-0.25, -0.2) is 0 Å². The fourth-order valence-electron chi connectivity index (χ4n) is 8.18. The summed E-state index contributed by atoms with van der Waals surface area (Å²) in [5.74, 6) is -4.13. The molecule has 6 aliphatic rings. The smallest absolute Gasteiger partial charge is 0.314 e. The van der Waals surface area contributed by atoms with Crippen molar-refractivity contribution in [2.24, 2.45) is 0 Å². The second kappa shape index (κ2) is 13.7. The molecule has 52 heavy (non-hydrogen) atoms. The van der Waals surface area contributed by atoms with Gasteiger partial charge in [0.2, 0.25) is 5.91 Å². The first kappa shape index (κ1) is 35.5. The lowest BCUT2D eigenvalue weighted by atomic mass is 9.90. The summed E-state index contributed by atoms with van der Waals surface area (Å²) in [6, 6.07) is 17.7. The number of methoxy groups -OCH3 is 1. The molecule has 6 aliphatic heterocycles. The third-order valence-corrected chi connectivity index (χ3v) is 10.4. The largest absolute Gasteiger partial charge is 0.368 e.